The van der Waals surface area contributed by atoms with Gasteiger partial charge in [0, 0.05) is 5.02 Å². The number of carbonyl (C=O) groups is 1. The summed E-state index contributed by atoms with van der Waals surface area (Å²) < 4.78 is 26.2. The number of hydrogen-bond donors (Lipinski definition) is 1. The van der Waals surface area contributed by atoms with Gasteiger partial charge in [-0.25, -0.2) is 4.79 Å². The maximum Gasteiger partial charge on any atom is 0.379 e. The van der Waals surface area contributed by atoms with Crippen LogP contribution in [0.5, 0.6) is 0 Å². The fourth-order valence-corrected chi connectivity index (χ4v) is 2.00. The molecular weight excluding hydrogens is 272 g/mol. The van der Waals surface area contributed by atoms with Crippen molar-refractivity contribution in [1.82, 2.24) is 0 Å². The molecular formula is C8H3Cl3F2O2. The molecule has 0 amide bonds. The molecule has 0 aliphatic carbocycles. The number of halogens is 5. The van der Waals surface area contributed by atoms with Crippen molar-refractivity contribution in [3.05, 3.63) is 32.8 Å². The molecule has 1 aromatic rings. The molecule has 0 aliphatic heterocycles. The Hall–Kier alpha value is -0.580. The Morgan fingerprint density at radius 1 is 1.20 bits per heavy atom. The summed E-state index contributed by atoms with van der Waals surface area (Å²) in [5.74, 6) is -6.47. The molecule has 82 valence electrons. The molecule has 0 unspecified atom stereocenters. The van der Waals surface area contributed by atoms with Gasteiger partial charge in [0.05, 0.1) is 15.6 Å². The minimum Gasteiger partial charge on any atom is -0.477 e. The Labute approximate surface area is 98.4 Å². The minimum absolute atomic E-state index is 0.0509. The SMILES string of the molecule is O=C(O)C(F)(F)c1c(Cl)cc(Cl)cc1Cl. The highest BCUT2D eigenvalue weighted by atomic mass is 35.5. The van der Waals surface area contributed by atoms with Crippen LogP contribution in [-0.4, -0.2) is 11.1 Å². The maximum atomic E-state index is 13.1. The van der Waals surface area contributed by atoms with Crippen LogP contribution < -0.4 is 0 Å². The Morgan fingerprint density at radius 3 is 1.93 bits per heavy atom. The molecule has 0 saturated carbocycles. The van der Waals surface area contributed by atoms with E-state index in [-0.39, 0.29) is 5.02 Å². The second-order valence-electron chi connectivity index (χ2n) is 2.62. The summed E-state index contributed by atoms with van der Waals surface area (Å²) >= 11 is 16.4. The fraction of sp³-hybridized carbons (Fsp3) is 0.125. The quantitative estimate of drug-likeness (QED) is 0.891. The average Bonchev–Trinajstić information content (AvgIpc) is 2.00. The van der Waals surface area contributed by atoms with Crippen molar-refractivity contribution in [3.8, 4) is 0 Å². The van der Waals surface area contributed by atoms with Gasteiger partial charge < -0.3 is 5.11 Å². The maximum absolute atomic E-state index is 13.1. The Balaban J connectivity index is 3.44. The van der Waals surface area contributed by atoms with Crippen molar-refractivity contribution < 1.29 is 18.7 Å². The Morgan fingerprint density at radius 2 is 1.60 bits per heavy atom. The van der Waals surface area contributed by atoms with Crippen molar-refractivity contribution in [3.63, 3.8) is 0 Å². The number of carboxylic acid groups (broad SMARTS) is 1. The summed E-state index contributed by atoms with van der Waals surface area (Å²) in [5.41, 5.74) is -0.956. The van der Waals surface area contributed by atoms with E-state index in [9.17, 15) is 13.6 Å². The van der Waals surface area contributed by atoms with Crippen LogP contribution >= 0.6 is 34.8 Å². The van der Waals surface area contributed by atoms with Crippen LogP contribution in [0.2, 0.25) is 15.1 Å². The van der Waals surface area contributed by atoms with Gasteiger partial charge in [-0.05, 0) is 12.1 Å². The zero-order chi connectivity index (χ0) is 11.8. The van der Waals surface area contributed by atoms with Crippen LogP contribution in [0.15, 0.2) is 12.1 Å². The van der Waals surface area contributed by atoms with Crippen LogP contribution in [0, 0.1) is 0 Å². The molecule has 0 spiro atoms. The van der Waals surface area contributed by atoms with Crippen LogP contribution in [0.3, 0.4) is 0 Å². The first-order chi connectivity index (χ1) is 6.76. The molecule has 15 heavy (non-hydrogen) atoms. The van der Waals surface area contributed by atoms with Gasteiger partial charge in [-0.3, -0.25) is 0 Å². The van der Waals surface area contributed by atoms with Crippen LogP contribution in [0.4, 0.5) is 8.78 Å². The van der Waals surface area contributed by atoms with E-state index < -0.39 is 27.5 Å². The predicted octanol–water partition coefficient (Wildman–Crippen LogP) is 3.82. The summed E-state index contributed by atoms with van der Waals surface area (Å²) in [7, 11) is 0. The molecule has 1 aromatic carbocycles. The molecule has 0 fully saturated rings. The Bertz CT molecular complexity index is 397. The highest BCUT2D eigenvalue weighted by Crippen LogP contribution is 2.40. The van der Waals surface area contributed by atoms with Gasteiger partial charge in [0.15, 0.2) is 0 Å². The topological polar surface area (TPSA) is 37.3 Å². The molecule has 1 N–H and O–H groups in total. The summed E-state index contributed by atoms with van der Waals surface area (Å²) in [6, 6.07) is 2.00. The van der Waals surface area contributed by atoms with Gasteiger partial charge in [-0.1, -0.05) is 34.8 Å². The molecule has 0 heterocycles. The van der Waals surface area contributed by atoms with Gasteiger partial charge >= 0.3 is 11.9 Å². The van der Waals surface area contributed by atoms with Crippen LogP contribution in [-0.2, 0) is 10.7 Å². The van der Waals surface area contributed by atoms with Crippen LogP contribution in [0.1, 0.15) is 5.56 Å². The van der Waals surface area contributed by atoms with E-state index in [1.165, 1.54) is 0 Å². The van der Waals surface area contributed by atoms with Gasteiger partial charge in [0.1, 0.15) is 0 Å². The fourth-order valence-electron chi connectivity index (χ4n) is 0.949. The zero-order valence-corrected chi connectivity index (χ0v) is 9.17. The molecule has 0 aromatic heterocycles. The smallest absolute Gasteiger partial charge is 0.379 e. The van der Waals surface area contributed by atoms with Crippen molar-refractivity contribution in [2.24, 2.45) is 0 Å². The van der Waals surface area contributed by atoms with Crippen LogP contribution in [0.25, 0.3) is 0 Å². The lowest BCUT2D eigenvalue weighted by atomic mass is 10.1. The second-order valence-corrected chi connectivity index (χ2v) is 3.87. The van der Waals surface area contributed by atoms with E-state index in [4.69, 9.17) is 39.9 Å². The highest BCUT2D eigenvalue weighted by Gasteiger charge is 2.44. The third kappa shape index (κ3) is 2.33. The first-order valence-electron chi connectivity index (χ1n) is 3.53. The summed E-state index contributed by atoms with van der Waals surface area (Å²) in [5, 5.41) is 7.39. The third-order valence-corrected chi connectivity index (χ3v) is 2.40. The lowest BCUT2D eigenvalue weighted by Crippen LogP contribution is -2.26. The molecule has 0 aliphatic rings. The van der Waals surface area contributed by atoms with Gasteiger partial charge in [-0.15, -0.1) is 0 Å². The number of benzene rings is 1. The number of alkyl halides is 2. The van der Waals surface area contributed by atoms with Crippen molar-refractivity contribution >= 4 is 40.8 Å². The molecule has 0 saturated heterocycles. The average molecular weight is 275 g/mol. The second kappa shape index (κ2) is 4.12. The Kier molecular flexibility index (Phi) is 3.43. The first-order valence-corrected chi connectivity index (χ1v) is 4.66. The summed E-state index contributed by atoms with van der Waals surface area (Å²) in [6.45, 7) is 0. The zero-order valence-electron chi connectivity index (χ0n) is 6.90. The van der Waals surface area contributed by atoms with Crippen molar-refractivity contribution in [2.45, 2.75) is 5.92 Å². The number of hydrogen-bond acceptors (Lipinski definition) is 1. The van der Waals surface area contributed by atoms with Gasteiger partial charge in [0.25, 0.3) is 0 Å². The largest absolute Gasteiger partial charge is 0.477 e. The van der Waals surface area contributed by atoms with E-state index in [1.54, 1.807) is 0 Å². The highest BCUT2D eigenvalue weighted by molar-refractivity contribution is 6.39. The molecule has 7 heteroatoms. The summed E-state index contributed by atoms with van der Waals surface area (Å²) in [4.78, 5) is 10.3. The monoisotopic (exact) mass is 274 g/mol. The summed E-state index contributed by atoms with van der Waals surface area (Å²) in [6.07, 6.45) is 0. The van der Waals surface area contributed by atoms with Gasteiger partial charge in [-0.2, -0.15) is 8.78 Å². The standard InChI is InChI=1S/C8H3Cl3F2O2/c9-3-1-4(10)6(5(11)2-3)8(12,13)7(14)15/h1-2H,(H,14,15). The van der Waals surface area contributed by atoms with E-state index in [2.05, 4.69) is 0 Å². The van der Waals surface area contributed by atoms with E-state index in [1.807, 2.05) is 0 Å². The van der Waals surface area contributed by atoms with Crippen molar-refractivity contribution in [1.29, 1.82) is 0 Å². The third-order valence-electron chi connectivity index (χ3n) is 1.59. The molecule has 0 atom stereocenters. The lowest BCUT2D eigenvalue weighted by molar-refractivity contribution is -0.166. The molecule has 1 rings (SSSR count). The van der Waals surface area contributed by atoms with E-state index in [0.29, 0.717) is 0 Å². The minimum atomic E-state index is -4.14. The lowest BCUT2D eigenvalue weighted by Gasteiger charge is -2.14. The van der Waals surface area contributed by atoms with E-state index in [0.717, 1.165) is 12.1 Å². The van der Waals surface area contributed by atoms with Crippen molar-refractivity contribution in [2.75, 3.05) is 0 Å². The first kappa shape index (κ1) is 12.5. The molecule has 2 nitrogen and oxygen atoms in total. The number of carboxylic acids is 1. The van der Waals surface area contributed by atoms with E-state index >= 15 is 0 Å². The number of rotatable bonds is 2. The normalized spacial score (nSPS) is 11.5. The molecule has 0 radical (unpaired) electrons. The van der Waals surface area contributed by atoms with Gasteiger partial charge in [0.2, 0.25) is 0 Å². The predicted molar refractivity (Wildman–Crippen MR) is 53.0 cm³/mol. The molecule has 0 bridgehead atoms. The number of aliphatic carboxylic acids is 1.